The topological polar surface area (TPSA) is 225 Å². The molecule has 0 radical (unpaired) electrons. The normalized spacial score (nSPS) is 19.8. The van der Waals surface area contributed by atoms with Crippen LogP contribution in [0.2, 0.25) is 10.0 Å². The number of aliphatic hydroxyl groups is 1. The lowest BCUT2D eigenvalue weighted by molar-refractivity contribution is -0.125. The van der Waals surface area contributed by atoms with Crippen molar-refractivity contribution >= 4 is 69.0 Å². The predicted molar refractivity (Wildman–Crippen MR) is 247 cm³/mol. The van der Waals surface area contributed by atoms with Crippen LogP contribution in [0.1, 0.15) is 45.7 Å². The van der Waals surface area contributed by atoms with Crippen LogP contribution in [0.5, 0.6) is 11.9 Å². The molecular formula is C44H47Cl2N11O8S. The zero-order valence-corrected chi connectivity index (χ0v) is 39.0. The molecule has 2 amide bonds. The van der Waals surface area contributed by atoms with Crippen molar-refractivity contribution in [3.05, 3.63) is 85.7 Å². The van der Waals surface area contributed by atoms with Crippen molar-refractivity contribution in [2.75, 3.05) is 65.1 Å². The number of nitrogens with one attached hydrogen (secondary N) is 3. The van der Waals surface area contributed by atoms with Crippen LogP contribution in [0.25, 0.3) is 27.4 Å². The van der Waals surface area contributed by atoms with Gasteiger partial charge in [0, 0.05) is 47.7 Å². The van der Waals surface area contributed by atoms with Gasteiger partial charge in [-0.15, -0.1) is 21.5 Å². The minimum atomic E-state index is -0.691. The number of hydrogen-bond acceptors (Lipinski definition) is 16. The fourth-order valence-electron chi connectivity index (χ4n) is 8.14. The summed E-state index contributed by atoms with van der Waals surface area (Å²) in [5.74, 6) is 1.63. The van der Waals surface area contributed by atoms with Crippen LogP contribution in [0.15, 0.2) is 47.5 Å². The van der Waals surface area contributed by atoms with E-state index in [4.69, 9.17) is 56.9 Å². The Kier molecular flexibility index (Phi) is 13.2. The fraction of sp³-hybridized carbons (Fsp3) is 0.409. The molecule has 346 valence electrons. The van der Waals surface area contributed by atoms with Crippen LogP contribution in [-0.4, -0.2) is 142 Å². The Labute approximate surface area is 392 Å². The number of methoxy groups -OCH3 is 1. The van der Waals surface area contributed by atoms with Gasteiger partial charge in [-0.2, -0.15) is 9.97 Å². The first-order chi connectivity index (χ1) is 31.9. The number of amides is 2. The number of likely N-dealkylation sites (N-methyl/N-ethyl adjacent to an activating group) is 1. The van der Waals surface area contributed by atoms with Crippen molar-refractivity contribution in [3.63, 3.8) is 0 Å². The summed E-state index contributed by atoms with van der Waals surface area (Å²) in [5, 5.41) is 26.6. The smallest absolute Gasteiger partial charge is 0.296 e. The quantitative estimate of drug-likeness (QED) is 0.0983. The van der Waals surface area contributed by atoms with Gasteiger partial charge in [0.15, 0.2) is 17.6 Å². The molecule has 5 atom stereocenters. The fourth-order valence-corrected chi connectivity index (χ4v) is 9.74. The average molecular weight is 961 g/mol. The molecule has 2 fully saturated rings. The minimum absolute atomic E-state index is 0.0319. The maximum Gasteiger partial charge on any atom is 0.296 e. The van der Waals surface area contributed by atoms with Crippen LogP contribution in [0.3, 0.4) is 0 Å². The zero-order valence-electron chi connectivity index (χ0n) is 36.6. The number of aliphatic imine (C=N–C) groups is 1. The number of H-pyrrole nitrogens is 1. The Hall–Kier alpha value is -5.74. The number of halogens is 2. The number of carbonyl (C=O) groups is 2. The maximum atomic E-state index is 13.3. The second-order valence-corrected chi connectivity index (χ2v) is 18.1. The van der Waals surface area contributed by atoms with E-state index in [1.807, 2.05) is 53.8 Å². The number of aromatic nitrogens is 7. The Morgan fingerprint density at radius 1 is 1.00 bits per heavy atom. The molecule has 8 heterocycles. The largest absolute Gasteiger partial charge is 0.480 e. The van der Waals surface area contributed by atoms with Gasteiger partial charge in [-0.1, -0.05) is 35.3 Å². The second kappa shape index (κ2) is 19.2. The molecule has 5 aromatic heterocycles. The SMILES string of the molecule is COc1nc(N(C)CCNC(=O)COCCNC(=O)C[C@@H]2N=C(c3ccc(Cl)cc3)c3c(sc(C)c3C)-n3c(C)nnc32)ccc1-c1nc2nc(O[C@@H]3CO[C@H]4[C@@H]3OC[C@H]4O)[nH]c2cc1Cl. The van der Waals surface area contributed by atoms with Gasteiger partial charge in [-0.05, 0) is 56.7 Å². The molecule has 0 unspecified atom stereocenters. The van der Waals surface area contributed by atoms with E-state index in [1.165, 1.54) is 7.11 Å². The third kappa shape index (κ3) is 9.18. The molecular weight excluding hydrogens is 914 g/mol. The molecule has 19 nitrogen and oxygen atoms in total. The number of nitrogens with zero attached hydrogens (tertiary/aromatic N) is 8. The molecule has 9 rings (SSSR count). The number of pyridine rings is 2. The van der Waals surface area contributed by atoms with Crippen molar-refractivity contribution in [2.24, 2.45) is 4.99 Å². The summed E-state index contributed by atoms with van der Waals surface area (Å²) in [5.41, 5.74) is 5.65. The summed E-state index contributed by atoms with van der Waals surface area (Å²) >= 11 is 14.6. The highest BCUT2D eigenvalue weighted by atomic mass is 35.5. The monoisotopic (exact) mass is 959 g/mol. The van der Waals surface area contributed by atoms with Gasteiger partial charge in [0.2, 0.25) is 17.7 Å². The third-order valence-electron chi connectivity index (χ3n) is 11.6. The van der Waals surface area contributed by atoms with Crippen LogP contribution in [-0.2, 0) is 23.8 Å². The number of aryl methyl sites for hydroxylation is 2. The van der Waals surface area contributed by atoms with Gasteiger partial charge in [0.05, 0.1) is 60.9 Å². The van der Waals surface area contributed by atoms with Crippen LogP contribution >= 0.6 is 34.5 Å². The van der Waals surface area contributed by atoms with E-state index in [9.17, 15) is 14.7 Å². The maximum absolute atomic E-state index is 13.3. The number of carbonyl (C=O) groups excluding carboxylic acids is 2. The lowest BCUT2D eigenvalue weighted by Crippen LogP contribution is -2.36. The van der Waals surface area contributed by atoms with E-state index in [0.29, 0.717) is 68.9 Å². The highest BCUT2D eigenvalue weighted by molar-refractivity contribution is 7.15. The lowest BCUT2D eigenvalue weighted by Gasteiger charge is -2.20. The molecule has 0 bridgehead atoms. The molecule has 0 aliphatic carbocycles. The van der Waals surface area contributed by atoms with Gasteiger partial charge >= 0.3 is 0 Å². The third-order valence-corrected chi connectivity index (χ3v) is 13.4. The van der Waals surface area contributed by atoms with Crippen LogP contribution in [0, 0.1) is 20.8 Å². The number of imidazole rings is 1. The van der Waals surface area contributed by atoms with Crippen LogP contribution < -0.4 is 25.0 Å². The first kappa shape index (κ1) is 45.4. The Morgan fingerprint density at radius 2 is 1.79 bits per heavy atom. The summed E-state index contributed by atoms with van der Waals surface area (Å²) in [6.07, 6.45) is -1.93. The molecule has 2 saturated heterocycles. The number of anilines is 1. The number of fused-ring (bicyclic) bond motifs is 5. The summed E-state index contributed by atoms with van der Waals surface area (Å²) in [7, 11) is 3.35. The molecule has 3 aliphatic rings. The first-order valence-corrected chi connectivity index (χ1v) is 22.8. The van der Waals surface area contributed by atoms with Crippen molar-refractivity contribution in [2.45, 2.75) is 57.6 Å². The van der Waals surface area contributed by atoms with Crippen molar-refractivity contribution in [1.82, 2.24) is 45.3 Å². The van der Waals surface area contributed by atoms with Crippen molar-refractivity contribution < 1.29 is 38.4 Å². The average Bonchev–Trinajstić information content (AvgIpc) is 4.12. The molecule has 0 saturated carbocycles. The van der Waals surface area contributed by atoms with Crippen molar-refractivity contribution in [3.8, 4) is 28.1 Å². The molecule has 66 heavy (non-hydrogen) atoms. The molecule has 0 spiro atoms. The molecule has 4 N–H and O–H groups in total. The second-order valence-electron chi connectivity index (χ2n) is 16.1. The zero-order chi connectivity index (χ0) is 46.2. The summed E-state index contributed by atoms with van der Waals surface area (Å²) < 4.78 is 30.6. The standard InChI is InChI=1S/C44H47Cl2N11O8S/c1-21-22(2)66-43-35(21)36(24-6-8-25(45)9-7-24)49-29(41-55-54-23(3)57(41)43)17-33(59)48-13-15-62-20-34(60)47-12-14-56(4)32-11-10-26(42(51-32)61-5)37-27(46)16-28-40(52-37)53-44(50-28)65-31-19-64-38-30(58)18-63-39(31)38/h6-11,16,29-31,38-39,58H,12-15,17-20H2,1-5H3,(H,47,60)(H,48,59)(H,50,52,53)/t29-,30+,31+,38+,39+/m0/s1. The number of rotatable bonds is 16. The highest BCUT2D eigenvalue weighted by Gasteiger charge is 2.48. The molecule has 22 heteroatoms. The minimum Gasteiger partial charge on any atom is -0.480 e. The van der Waals surface area contributed by atoms with E-state index >= 15 is 0 Å². The van der Waals surface area contributed by atoms with Crippen molar-refractivity contribution in [1.29, 1.82) is 0 Å². The summed E-state index contributed by atoms with van der Waals surface area (Å²) in [4.78, 5) is 51.1. The number of aromatic amines is 1. The molecule has 6 aromatic rings. The van der Waals surface area contributed by atoms with E-state index in [-0.39, 0.29) is 57.2 Å². The number of thiophene rings is 1. The van der Waals surface area contributed by atoms with Gasteiger partial charge in [0.25, 0.3) is 6.01 Å². The number of ether oxygens (including phenoxy) is 5. The van der Waals surface area contributed by atoms with E-state index < -0.39 is 30.5 Å². The van der Waals surface area contributed by atoms with E-state index in [1.54, 1.807) is 23.5 Å². The molecule has 3 aliphatic heterocycles. The van der Waals surface area contributed by atoms with Gasteiger partial charge in [-0.25, -0.2) is 4.98 Å². The first-order valence-electron chi connectivity index (χ1n) is 21.2. The Balaban J connectivity index is 0.743. The lowest BCUT2D eigenvalue weighted by atomic mass is 9.99. The number of aliphatic hydroxyl groups excluding tert-OH is 1. The summed E-state index contributed by atoms with van der Waals surface area (Å²) in [6.45, 7) is 7.38. The van der Waals surface area contributed by atoms with Gasteiger partial charge < -0.3 is 49.3 Å². The molecule has 1 aromatic carbocycles. The van der Waals surface area contributed by atoms with Gasteiger partial charge in [0.1, 0.15) is 47.6 Å². The van der Waals surface area contributed by atoms with E-state index in [0.717, 1.165) is 32.3 Å². The predicted octanol–water partition coefficient (Wildman–Crippen LogP) is 4.48. The highest BCUT2D eigenvalue weighted by Crippen LogP contribution is 2.40. The Morgan fingerprint density at radius 3 is 2.59 bits per heavy atom. The van der Waals surface area contributed by atoms with Crippen LogP contribution in [0.4, 0.5) is 5.82 Å². The van der Waals surface area contributed by atoms with E-state index in [2.05, 4.69) is 49.6 Å². The van der Waals surface area contributed by atoms with Gasteiger partial charge in [-0.3, -0.25) is 19.1 Å². The number of benzene rings is 1. The summed E-state index contributed by atoms with van der Waals surface area (Å²) in [6, 6.07) is 12.5. The Bertz CT molecular complexity index is 2820. The number of hydrogen-bond donors (Lipinski definition) is 4.